The first-order valence-electron chi connectivity index (χ1n) is 5.92. The molecule has 2 aromatic heterocycles. The van der Waals surface area contributed by atoms with E-state index in [-0.39, 0.29) is 0 Å². The maximum Gasteiger partial charge on any atom is 0.140 e. The molecule has 0 aromatic carbocycles. The molecule has 0 fully saturated rings. The summed E-state index contributed by atoms with van der Waals surface area (Å²) in [6, 6.07) is 4.73. The van der Waals surface area contributed by atoms with Gasteiger partial charge in [-0.2, -0.15) is 5.10 Å². The van der Waals surface area contributed by atoms with Gasteiger partial charge in [0.1, 0.15) is 12.2 Å². The van der Waals surface area contributed by atoms with Crippen LogP contribution >= 0.6 is 11.3 Å². The highest BCUT2D eigenvalue weighted by Gasteiger charge is 2.07. The van der Waals surface area contributed by atoms with Crippen molar-refractivity contribution in [1.29, 1.82) is 0 Å². The van der Waals surface area contributed by atoms with Crippen molar-refractivity contribution in [3.8, 4) is 0 Å². The second kappa shape index (κ2) is 5.93. The highest BCUT2D eigenvalue weighted by Crippen LogP contribution is 2.11. The number of aromatic nitrogens is 3. The number of hydrogen-bond acceptors (Lipinski definition) is 4. The summed E-state index contributed by atoms with van der Waals surface area (Å²) in [5.74, 6) is 1.01. The van der Waals surface area contributed by atoms with Crippen LogP contribution in [0.4, 0.5) is 0 Å². The van der Waals surface area contributed by atoms with Crippen LogP contribution < -0.4 is 5.32 Å². The van der Waals surface area contributed by atoms with Crippen LogP contribution in [0.25, 0.3) is 0 Å². The fourth-order valence-corrected chi connectivity index (χ4v) is 2.59. The molecule has 1 unspecified atom stereocenters. The molecule has 0 aliphatic carbocycles. The van der Waals surface area contributed by atoms with Gasteiger partial charge in [-0.25, -0.2) is 9.67 Å². The van der Waals surface area contributed by atoms with Gasteiger partial charge in [-0.3, -0.25) is 0 Å². The molecule has 2 heterocycles. The van der Waals surface area contributed by atoms with E-state index in [1.54, 1.807) is 6.33 Å². The number of aryl methyl sites for hydroxylation is 1. The van der Waals surface area contributed by atoms with Crippen LogP contribution in [0.3, 0.4) is 0 Å². The molecule has 0 aliphatic heterocycles. The first kappa shape index (κ1) is 12.3. The maximum absolute atomic E-state index is 4.25. The Hall–Kier alpha value is -1.20. The van der Waals surface area contributed by atoms with Gasteiger partial charge in [-0.05, 0) is 31.7 Å². The summed E-state index contributed by atoms with van der Waals surface area (Å²) in [7, 11) is 0. The lowest BCUT2D eigenvalue weighted by Gasteiger charge is -2.12. The molecular weight excluding hydrogens is 232 g/mol. The number of rotatable bonds is 6. The second-order valence-electron chi connectivity index (χ2n) is 4.06. The van der Waals surface area contributed by atoms with Crippen molar-refractivity contribution in [2.45, 2.75) is 39.4 Å². The van der Waals surface area contributed by atoms with E-state index in [1.165, 1.54) is 4.88 Å². The summed E-state index contributed by atoms with van der Waals surface area (Å²) in [5.41, 5.74) is 0. The van der Waals surface area contributed by atoms with Crippen LogP contribution in [0, 0.1) is 0 Å². The van der Waals surface area contributed by atoms with Crippen molar-refractivity contribution in [2.75, 3.05) is 0 Å². The highest BCUT2D eigenvalue weighted by atomic mass is 32.1. The molecule has 0 bridgehead atoms. The average Bonchev–Trinajstić information content (AvgIpc) is 2.96. The Labute approximate surface area is 106 Å². The standard InChI is InChI=1S/C12H18N4S/c1-3-16-12(14-9-15-16)8-13-10(2)7-11-5-4-6-17-11/h4-6,9-10,13H,3,7-8H2,1-2H3. The zero-order valence-electron chi connectivity index (χ0n) is 10.3. The van der Waals surface area contributed by atoms with Gasteiger partial charge in [-0.15, -0.1) is 11.3 Å². The van der Waals surface area contributed by atoms with Crippen molar-refractivity contribution < 1.29 is 0 Å². The third-order valence-corrected chi connectivity index (χ3v) is 3.59. The first-order valence-corrected chi connectivity index (χ1v) is 6.80. The zero-order valence-corrected chi connectivity index (χ0v) is 11.1. The van der Waals surface area contributed by atoms with Gasteiger partial charge in [0, 0.05) is 17.5 Å². The van der Waals surface area contributed by atoms with E-state index < -0.39 is 0 Å². The van der Waals surface area contributed by atoms with Crippen molar-refractivity contribution in [1.82, 2.24) is 20.1 Å². The number of nitrogens with one attached hydrogen (secondary N) is 1. The maximum atomic E-state index is 4.25. The van der Waals surface area contributed by atoms with Crippen LogP contribution in [0.15, 0.2) is 23.8 Å². The van der Waals surface area contributed by atoms with Gasteiger partial charge >= 0.3 is 0 Å². The van der Waals surface area contributed by atoms with Gasteiger partial charge in [-0.1, -0.05) is 6.07 Å². The predicted molar refractivity (Wildman–Crippen MR) is 70.0 cm³/mol. The molecule has 92 valence electrons. The monoisotopic (exact) mass is 250 g/mol. The Bertz CT molecular complexity index is 435. The minimum atomic E-state index is 0.454. The second-order valence-corrected chi connectivity index (χ2v) is 5.09. The minimum absolute atomic E-state index is 0.454. The Morgan fingerprint density at radius 2 is 2.41 bits per heavy atom. The van der Waals surface area contributed by atoms with E-state index >= 15 is 0 Å². The van der Waals surface area contributed by atoms with Gasteiger partial charge in [0.15, 0.2) is 0 Å². The fourth-order valence-electron chi connectivity index (χ4n) is 1.76. The summed E-state index contributed by atoms with van der Waals surface area (Å²) in [6.45, 7) is 5.93. The topological polar surface area (TPSA) is 42.7 Å². The molecule has 2 aromatic rings. The number of nitrogens with zero attached hydrogens (tertiary/aromatic N) is 3. The fraction of sp³-hybridized carbons (Fsp3) is 0.500. The van der Waals surface area contributed by atoms with E-state index in [1.807, 2.05) is 16.0 Å². The summed E-state index contributed by atoms with van der Waals surface area (Å²) in [4.78, 5) is 5.67. The van der Waals surface area contributed by atoms with Crippen molar-refractivity contribution in [3.63, 3.8) is 0 Å². The lowest BCUT2D eigenvalue weighted by Crippen LogP contribution is -2.28. The molecule has 0 saturated heterocycles. The number of thiophene rings is 1. The molecule has 1 N–H and O–H groups in total. The van der Waals surface area contributed by atoms with Gasteiger partial charge in [0.05, 0.1) is 6.54 Å². The highest BCUT2D eigenvalue weighted by molar-refractivity contribution is 7.09. The number of hydrogen-bond donors (Lipinski definition) is 1. The molecular formula is C12H18N4S. The molecule has 1 atom stereocenters. The molecule has 0 radical (unpaired) electrons. The summed E-state index contributed by atoms with van der Waals surface area (Å²) in [5, 5.41) is 9.76. The van der Waals surface area contributed by atoms with Crippen LogP contribution in [-0.2, 0) is 19.5 Å². The lowest BCUT2D eigenvalue weighted by atomic mass is 10.2. The minimum Gasteiger partial charge on any atom is -0.307 e. The molecule has 17 heavy (non-hydrogen) atoms. The largest absolute Gasteiger partial charge is 0.307 e. The third-order valence-electron chi connectivity index (χ3n) is 2.69. The first-order chi connectivity index (χ1) is 8.29. The van der Waals surface area contributed by atoms with E-state index in [0.29, 0.717) is 6.04 Å². The van der Waals surface area contributed by atoms with Crippen LogP contribution in [0.5, 0.6) is 0 Å². The zero-order chi connectivity index (χ0) is 12.1. The molecule has 0 amide bonds. The van der Waals surface area contributed by atoms with E-state index in [0.717, 1.165) is 25.3 Å². The Kier molecular flexibility index (Phi) is 4.28. The van der Waals surface area contributed by atoms with E-state index in [4.69, 9.17) is 0 Å². The van der Waals surface area contributed by atoms with Crippen LogP contribution in [0.1, 0.15) is 24.5 Å². The lowest BCUT2D eigenvalue weighted by molar-refractivity contribution is 0.509. The molecule has 4 nitrogen and oxygen atoms in total. The summed E-state index contributed by atoms with van der Waals surface area (Å²) >= 11 is 1.81. The van der Waals surface area contributed by atoms with Gasteiger partial charge in [0.25, 0.3) is 0 Å². The van der Waals surface area contributed by atoms with Gasteiger partial charge in [0.2, 0.25) is 0 Å². The van der Waals surface area contributed by atoms with Crippen molar-refractivity contribution in [2.24, 2.45) is 0 Å². The van der Waals surface area contributed by atoms with E-state index in [2.05, 4.69) is 46.8 Å². The molecule has 2 rings (SSSR count). The quantitative estimate of drug-likeness (QED) is 0.853. The average molecular weight is 250 g/mol. The molecule has 5 heteroatoms. The molecule has 0 aliphatic rings. The summed E-state index contributed by atoms with van der Waals surface area (Å²) < 4.78 is 1.92. The van der Waals surface area contributed by atoms with Crippen molar-refractivity contribution >= 4 is 11.3 Å². The molecule has 0 spiro atoms. The Balaban J connectivity index is 1.82. The van der Waals surface area contributed by atoms with Crippen LogP contribution in [-0.4, -0.2) is 20.8 Å². The SMILES string of the molecule is CCn1ncnc1CNC(C)Cc1cccs1. The summed E-state index contributed by atoms with van der Waals surface area (Å²) in [6.07, 6.45) is 2.68. The van der Waals surface area contributed by atoms with Crippen LogP contribution in [0.2, 0.25) is 0 Å². The van der Waals surface area contributed by atoms with Gasteiger partial charge < -0.3 is 5.32 Å². The predicted octanol–water partition coefficient (Wildman–Crippen LogP) is 2.08. The molecule has 0 saturated carbocycles. The Morgan fingerprint density at radius 3 is 3.12 bits per heavy atom. The van der Waals surface area contributed by atoms with E-state index in [9.17, 15) is 0 Å². The Morgan fingerprint density at radius 1 is 1.53 bits per heavy atom. The van der Waals surface area contributed by atoms with Crippen molar-refractivity contribution in [3.05, 3.63) is 34.5 Å². The normalized spacial score (nSPS) is 12.8. The smallest absolute Gasteiger partial charge is 0.140 e. The third kappa shape index (κ3) is 3.38.